The van der Waals surface area contributed by atoms with Crippen molar-refractivity contribution in [2.45, 2.75) is 12.6 Å². The summed E-state index contributed by atoms with van der Waals surface area (Å²) in [5, 5.41) is 2.44. The van der Waals surface area contributed by atoms with Crippen LogP contribution >= 0.6 is 11.8 Å². The zero-order valence-electron chi connectivity index (χ0n) is 9.17. The van der Waals surface area contributed by atoms with Crippen molar-refractivity contribution < 1.29 is 18.0 Å². The molecule has 0 aromatic heterocycles. The Hall–Kier alpha value is -1.17. The van der Waals surface area contributed by atoms with Gasteiger partial charge in [-0.1, -0.05) is 6.07 Å². The average molecular weight is 263 g/mol. The van der Waals surface area contributed by atoms with Gasteiger partial charge in [-0.3, -0.25) is 4.79 Å². The van der Waals surface area contributed by atoms with Crippen molar-refractivity contribution in [1.29, 1.82) is 0 Å². The third kappa shape index (κ3) is 4.68. The molecule has 1 rings (SSSR count). The van der Waals surface area contributed by atoms with Crippen LogP contribution in [0, 0.1) is 0 Å². The molecule has 0 fully saturated rings. The Morgan fingerprint density at radius 1 is 1.41 bits per heavy atom. The van der Waals surface area contributed by atoms with E-state index in [1.807, 2.05) is 6.26 Å². The Bertz CT molecular complexity index is 393. The fourth-order valence-corrected chi connectivity index (χ4v) is 1.58. The average Bonchev–Trinajstić information content (AvgIpc) is 2.25. The quantitative estimate of drug-likeness (QED) is 0.902. The van der Waals surface area contributed by atoms with E-state index in [0.717, 1.165) is 12.1 Å². The minimum atomic E-state index is -4.39. The van der Waals surface area contributed by atoms with Crippen molar-refractivity contribution in [2.24, 2.45) is 0 Å². The normalized spacial score (nSPS) is 11.3. The van der Waals surface area contributed by atoms with Gasteiger partial charge in [0, 0.05) is 17.9 Å². The molecule has 0 aliphatic heterocycles. The van der Waals surface area contributed by atoms with E-state index in [0.29, 0.717) is 5.75 Å². The predicted molar refractivity (Wildman–Crippen MR) is 63.1 cm³/mol. The van der Waals surface area contributed by atoms with Gasteiger partial charge in [-0.05, 0) is 24.5 Å². The number of halogens is 3. The number of benzene rings is 1. The van der Waals surface area contributed by atoms with E-state index >= 15 is 0 Å². The van der Waals surface area contributed by atoms with Crippen LogP contribution in [0.5, 0.6) is 0 Å². The molecule has 1 N–H and O–H groups in total. The topological polar surface area (TPSA) is 29.1 Å². The van der Waals surface area contributed by atoms with Crippen molar-refractivity contribution in [1.82, 2.24) is 0 Å². The number of carbonyl (C=O) groups is 1. The van der Waals surface area contributed by atoms with Crippen LogP contribution in [0.4, 0.5) is 18.9 Å². The lowest BCUT2D eigenvalue weighted by atomic mass is 10.2. The van der Waals surface area contributed by atoms with Crippen LogP contribution < -0.4 is 5.32 Å². The van der Waals surface area contributed by atoms with Gasteiger partial charge >= 0.3 is 6.18 Å². The van der Waals surface area contributed by atoms with E-state index in [9.17, 15) is 18.0 Å². The zero-order valence-corrected chi connectivity index (χ0v) is 9.99. The number of hydrogen-bond acceptors (Lipinski definition) is 2. The summed E-state index contributed by atoms with van der Waals surface area (Å²) in [6, 6.07) is 4.60. The minimum absolute atomic E-state index is 0.172. The standard InChI is InChI=1S/C11H12F3NOS/c1-17-6-5-10(16)15-9-4-2-3-8(7-9)11(12,13)14/h2-4,7H,5-6H2,1H3,(H,15,16). The van der Waals surface area contributed by atoms with Gasteiger partial charge in [-0.25, -0.2) is 0 Å². The third-order valence-electron chi connectivity index (χ3n) is 2.01. The summed E-state index contributed by atoms with van der Waals surface area (Å²) in [5.74, 6) is 0.365. The van der Waals surface area contributed by atoms with E-state index in [4.69, 9.17) is 0 Å². The first kappa shape index (κ1) is 13.9. The number of thioether (sulfide) groups is 1. The molecule has 0 saturated carbocycles. The molecule has 17 heavy (non-hydrogen) atoms. The first-order chi connectivity index (χ1) is 7.93. The highest BCUT2D eigenvalue weighted by Gasteiger charge is 2.30. The molecular formula is C11H12F3NOS. The lowest BCUT2D eigenvalue weighted by Gasteiger charge is -2.09. The van der Waals surface area contributed by atoms with Crippen LogP contribution in [0.15, 0.2) is 24.3 Å². The second kappa shape index (κ2) is 5.95. The highest BCUT2D eigenvalue weighted by molar-refractivity contribution is 7.98. The van der Waals surface area contributed by atoms with Crippen molar-refractivity contribution in [3.8, 4) is 0 Å². The van der Waals surface area contributed by atoms with E-state index in [1.165, 1.54) is 23.9 Å². The zero-order chi connectivity index (χ0) is 12.9. The molecule has 94 valence electrons. The summed E-state index contributed by atoms with van der Waals surface area (Å²) < 4.78 is 37.2. The van der Waals surface area contributed by atoms with Crippen molar-refractivity contribution in [3.05, 3.63) is 29.8 Å². The Balaban J connectivity index is 2.69. The van der Waals surface area contributed by atoms with E-state index < -0.39 is 11.7 Å². The monoisotopic (exact) mass is 263 g/mol. The molecule has 1 aromatic rings. The number of alkyl halides is 3. The summed E-state index contributed by atoms with van der Waals surface area (Å²) in [5.41, 5.74) is -0.592. The van der Waals surface area contributed by atoms with Gasteiger partial charge in [-0.15, -0.1) is 0 Å². The van der Waals surface area contributed by atoms with Crippen LogP contribution in [0.1, 0.15) is 12.0 Å². The molecule has 0 bridgehead atoms. The smallest absolute Gasteiger partial charge is 0.326 e. The largest absolute Gasteiger partial charge is 0.416 e. The minimum Gasteiger partial charge on any atom is -0.326 e. The maximum atomic E-state index is 12.4. The summed E-state index contributed by atoms with van der Waals surface area (Å²) in [4.78, 5) is 11.3. The molecule has 0 aliphatic rings. The molecule has 0 heterocycles. The number of nitrogens with one attached hydrogen (secondary N) is 1. The maximum Gasteiger partial charge on any atom is 0.416 e. The third-order valence-corrected chi connectivity index (χ3v) is 2.62. The highest BCUT2D eigenvalue weighted by Crippen LogP contribution is 2.30. The fraction of sp³-hybridized carbons (Fsp3) is 0.364. The van der Waals surface area contributed by atoms with Gasteiger partial charge in [0.05, 0.1) is 5.56 Å². The Morgan fingerprint density at radius 3 is 2.71 bits per heavy atom. The predicted octanol–water partition coefficient (Wildman–Crippen LogP) is 3.40. The summed E-state index contributed by atoms with van der Waals surface area (Å²) in [6.07, 6.45) is -2.24. The molecule has 2 nitrogen and oxygen atoms in total. The van der Waals surface area contributed by atoms with Crippen LogP contribution in [0.25, 0.3) is 0 Å². The molecule has 1 aromatic carbocycles. The molecule has 0 saturated heterocycles. The van der Waals surface area contributed by atoms with E-state index in [1.54, 1.807) is 0 Å². The number of carbonyl (C=O) groups excluding carboxylic acids is 1. The molecule has 0 aliphatic carbocycles. The van der Waals surface area contributed by atoms with Gasteiger partial charge in [-0.2, -0.15) is 24.9 Å². The number of amides is 1. The Morgan fingerprint density at radius 2 is 2.12 bits per heavy atom. The summed E-state index contributed by atoms with van der Waals surface area (Å²) >= 11 is 1.51. The lowest BCUT2D eigenvalue weighted by molar-refractivity contribution is -0.137. The van der Waals surface area contributed by atoms with Crippen molar-refractivity contribution in [2.75, 3.05) is 17.3 Å². The molecule has 0 radical (unpaired) electrons. The van der Waals surface area contributed by atoms with Gasteiger partial charge in [0.15, 0.2) is 0 Å². The SMILES string of the molecule is CSCCC(=O)Nc1cccc(C(F)(F)F)c1. The highest BCUT2D eigenvalue weighted by atomic mass is 32.2. The molecule has 1 amide bonds. The van der Waals surface area contributed by atoms with Gasteiger partial charge in [0.2, 0.25) is 5.91 Å². The molecule has 0 unspecified atom stereocenters. The fourth-order valence-electron chi connectivity index (χ4n) is 1.19. The van der Waals surface area contributed by atoms with Gasteiger partial charge < -0.3 is 5.32 Å². The molecule has 0 atom stereocenters. The first-order valence-corrected chi connectivity index (χ1v) is 6.29. The van der Waals surface area contributed by atoms with Crippen molar-refractivity contribution in [3.63, 3.8) is 0 Å². The molecule has 6 heteroatoms. The van der Waals surface area contributed by atoms with Gasteiger partial charge in [0.25, 0.3) is 0 Å². The second-order valence-corrected chi connectivity index (χ2v) is 4.36. The number of anilines is 1. The van der Waals surface area contributed by atoms with Crippen LogP contribution in [-0.2, 0) is 11.0 Å². The summed E-state index contributed by atoms with van der Waals surface area (Å²) in [6.45, 7) is 0. The van der Waals surface area contributed by atoms with E-state index in [2.05, 4.69) is 5.32 Å². The van der Waals surface area contributed by atoms with Crippen LogP contribution in [0.2, 0.25) is 0 Å². The second-order valence-electron chi connectivity index (χ2n) is 3.37. The van der Waals surface area contributed by atoms with Crippen molar-refractivity contribution >= 4 is 23.4 Å². The van der Waals surface area contributed by atoms with E-state index in [-0.39, 0.29) is 18.0 Å². The maximum absolute atomic E-state index is 12.4. The Labute approximate surface area is 102 Å². The number of hydrogen-bond donors (Lipinski definition) is 1. The lowest BCUT2D eigenvalue weighted by Crippen LogP contribution is -2.13. The first-order valence-electron chi connectivity index (χ1n) is 4.89. The molecular weight excluding hydrogens is 251 g/mol. The van der Waals surface area contributed by atoms with Crippen LogP contribution in [-0.4, -0.2) is 17.9 Å². The summed E-state index contributed by atoms with van der Waals surface area (Å²) in [7, 11) is 0. The Kier molecular flexibility index (Phi) is 4.86. The number of rotatable bonds is 4. The molecule has 0 spiro atoms. The van der Waals surface area contributed by atoms with Gasteiger partial charge in [0.1, 0.15) is 0 Å². The van der Waals surface area contributed by atoms with Crippen LogP contribution in [0.3, 0.4) is 0 Å².